The average molecular weight is 222 g/mol. The van der Waals surface area contributed by atoms with Crippen LogP contribution < -0.4 is 0 Å². The van der Waals surface area contributed by atoms with Gasteiger partial charge < -0.3 is 13.9 Å². The molecule has 0 heterocycles. The fourth-order valence-electron chi connectivity index (χ4n) is 0.195. The lowest BCUT2D eigenvalue weighted by molar-refractivity contribution is -0.164. The molecule has 0 amide bonds. The van der Waals surface area contributed by atoms with Crippen molar-refractivity contribution in [2.24, 2.45) is 0 Å². The van der Waals surface area contributed by atoms with Crippen molar-refractivity contribution in [3.05, 3.63) is 0 Å². The lowest BCUT2D eigenvalue weighted by atomic mass is 10.8. The van der Waals surface area contributed by atoms with Gasteiger partial charge in [0, 0.05) is 20.8 Å². The molecule has 0 aliphatic heterocycles. The molecule has 0 aromatic heterocycles. The lowest BCUT2D eigenvalue weighted by Crippen LogP contribution is -2.07. The number of esters is 2. The van der Waals surface area contributed by atoms with Gasteiger partial charge in [-0.2, -0.15) is 0 Å². The molecule has 0 unspecified atom stereocenters. The van der Waals surface area contributed by atoms with Crippen LogP contribution in [-0.4, -0.2) is 35.2 Å². The van der Waals surface area contributed by atoms with Crippen molar-refractivity contribution in [3.8, 4) is 0 Å². The van der Waals surface area contributed by atoms with Crippen LogP contribution in [0.4, 0.5) is 0 Å². The first kappa shape index (κ1) is 15.1. The number of hydrogen-bond donors (Lipinski definition) is 0. The zero-order chi connectivity index (χ0) is 11.6. The summed E-state index contributed by atoms with van der Waals surface area (Å²) in [6.45, 7) is 3.59. The minimum absolute atomic E-state index is 0.184. The van der Waals surface area contributed by atoms with Crippen molar-refractivity contribution >= 4 is 28.4 Å². The first-order valence-electron chi connectivity index (χ1n) is 3.71. The number of hydrogen-bond acceptors (Lipinski definition) is 6. The highest BCUT2D eigenvalue weighted by atomic mass is 28.2. The summed E-state index contributed by atoms with van der Waals surface area (Å²) in [6.07, 6.45) is 0. The molecule has 0 N–H and O–H groups in total. The third-order valence-corrected chi connectivity index (χ3v) is 1.39. The number of carbonyl (C=O) groups excluding carboxylic acids is 3. The Morgan fingerprint density at radius 2 is 1.21 bits per heavy atom. The van der Waals surface area contributed by atoms with Gasteiger partial charge in [0.1, 0.15) is 0 Å². The van der Waals surface area contributed by atoms with Gasteiger partial charge in [-0.3, -0.25) is 14.4 Å². The minimum atomic E-state index is -0.462. The molecule has 0 aromatic rings. The third-order valence-electron chi connectivity index (χ3n) is 0.812. The molecule has 0 atom stereocenters. The van der Waals surface area contributed by atoms with Gasteiger partial charge >= 0.3 is 11.9 Å². The predicted octanol–water partition coefficient (Wildman–Crippen LogP) is -1.10. The number of rotatable bonds is 2. The largest absolute Gasteiger partial charge is 0.529 e. The average Bonchev–Trinajstić information content (AvgIpc) is 2.04. The molecule has 6 nitrogen and oxygen atoms in total. The molecule has 0 fully saturated rings. The van der Waals surface area contributed by atoms with Crippen LogP contribution in [0, 0.1) is 0 Å². The zero-order valence-corrected chi connectivity index (χ0v) is 10.7. The van der Waals surface area contributed by atoms with Gasteiger partial charge in [0.25, 0.3) is 5.97 Å². The molecule has 0 aromatic carbocycles. The van der Waals surface area contributed by atoms with E-state index in [1.165, 1.54) is 20.8 Å². The summed E-state index contributed by atoms with van der Waals surface area (Å²) in [6, 6.07) is 0. The maximum atomic E-state index is 10.0. The molecular formula is C7H14O6Si. The van der Waals surface area contributed by atoms with Crippen molar-refractivity contribution in [2.75, 3.05) is 6.79 Å². The maximum Gasteiger partial charge on any atom is 0.305 e. The second-order valence-corrected chi connectivity index (χ2v) is 2.49. The Morgan fingerprint density at radius 1 is 0.929 bits per heavy atom. The smallest absolute Gasteiger partial charge is 0.305 e. The number of ether oxygens (including phenoxy) is 2. The van der Waals surface area contributed by atoms with Gasteiger partial charge in [-0.25, -0.2) is 0 Å². The van der Waals surface area contributed by atoms with E-state index in [9.17, 15) is 14.4 Å². The highest BCUT2D eigenvalue weighted by Crippen LogP contribution is 1.79. The molecule has 0 rings (SSSR count). The molecule has 0 aliphatic rings. The van der Waals surface area contributed by atoms with E-state index < -0.39 is 11.9 Å². The second kappa shape index (κ2) is 9.71. The van der Waals surface area contributed by atoms with Crippen LogP contribution in [0.15, 0.2) is 0 Å². The van der Waals surface area contributed by atoms with Crippen molar-refractivity contribution in [2.45, 2.75) is 20.8 Å². The van der Waals surface area contributed by atoms with Crippen molar-refractivity contribution < 1.29 is 28.3 Å². The summed E-state index contributed by atoms with van der Waals surface area (Å²) in [5.74, 6) is -1.11. The van der Waals surface area contributed by atoms with E-state index in [0.29, 0.717) is 10.5 Å². The monoisotopic (exact) mass is 222 g/mol. The minimum Gasteiger partial charge on any atom is -0.529 e. The molecule has 82 valence electrons. The van der Waals surface area contributed by atoms with Gasteiger partial charge in [-0.15, -0.1) is 0 Å². The van der Waals surface area contributed by atoms with Crippen LogP contribution >= 0.6 is 0 Å². The highest BCUT2D eigenvalue weighted by Gasteiger charge is 1.93. The van der Waals surface area contributed by atoms with E-state index in [0.717, 1.165) is 0 Å². The Morgan fingerprint density at radius 3 is 1.36 bits per heavy atom. The van der Waals surface area contributed by atoms with E-state index in [1.807, 2.05) is 0 Å². The van der Waals surface area contributed by atoms with Crippen LogP contribution in [0.3, 0.4) is 0 Å². The van der Waals surface area contributed by atoms with Crippen molar-refractivity contribution in [1.29, 1.82) is 0 Å². The molecule has 0 bridgehead atoms. The predicted molar refractivity (Wildman–Crippen MR) is 50.1 cm³/mol. The molecule has 0 saturated heterocycles. The van der Waals surface area contributed by atoms with Crippen LogP contribution in [0.1, 0.15) is 20.8 Å². The quantitative estimate of drug-likeness (QED) is 0.335. The van der Waals surface area contributed by atoms with E-state index >= 15 is 0 Å². The fourth-order valence-corrected chi connectivity index (χ4v) is 0.195. The van der Waals surface area contributed by atoms with Gasteiger partial charge in [0.15, 0.2) is 0 Å². The summed E-state index contributed by atoms with van der Waals surface area (Å²) in [5.41, 5.74) is 0. The van der Waals surface area contributed by atoms with Crippen LogP contribution in [0.25, 0.3) is 0 Å². The standard InChI is InChI=1S/C5H8O4.C2H6O2Si/c1-4(6)8-3-9-5(2)7;1-2(3)4-5/h3H2,1-2H3;1,5H3. The first-order valence-corrected chi connectivity index (χ1v) is 4.53. The van der Waals surface area contributed by atoms with Crippen LogP contribution in [-0.2, 0) is 28.3 Å². The van der Waals surface area contributed by atoms with Gasteiger partial charge in [-0.05, 0) is 0 Å². The second-order valence-electron chi connectivity index (χ2n) is 2.09. The van der Waals surface area contributed by atoms with Crippen molar-refractivity contribution in [1.82, 2.24) is 0 Å². The lowest BCUT2D eigenvalue weighted by Gasteiger charge is -1.99. The Bertz CT molecular complexity index is 188. The van der Waals surface area contributed by atoms with E-state index in [1.54, 1.807) is 0 Å². The molecule has 0 spiro atoms. The summed E-state index contributed by atoms with van der Waals surface area (Å²) in [4.78, 5) is 29.6. The first-order chi connectivity index (χ1) is 6.40. The number of carbonyl (C=O) groups is 3. The zero-order valence-electron chi connectivity index (χ0n) is 8.66. The summed E-state index contributed by atoms with van der Waals surface area (Å²) in [5, 5.41) is 0. The Labute approximate surface area is 85.1 Å². The maximum absolute atomic E-state index is 10.0. The highest BCUT2D eigenvalue weighted by molar-refractivity contribution is 6.04. The van der Waals surface area contributed by atoms with Crippen molar-refractivity contribution in [3.63, 3.8) is 0 Å². The SMILES string of the molecule is CC(=O)OCOC(C)=O.CC(=O)O[SiH3]. The normalized spacial score (nSPS) is 7.93. The molecule has 0 saturated carbocycles. The fraction of sp³-hybridized carbons (Fsp3) is 0.571. The Kier molecular flexibility index (Phi) is 10.5. The van der Waals surface area contributed by atoms with Crippen LogP contribution in [0.5, 0.6) is 0 Å². The van der Waals surface area contributed by atoms with Gasteiger partial charge in [0.2, 0.25) is 17.3 Å². The summed E-state index contributed by atoms with van der Waals surface area (Å²) in [7, 11) is 0.524. The van der Waals surface area contributed by atoms with Gasteiger partial charge in [0.05, 0.1) is 0 Å². The van der Waals surface area contributed by atoms with E-state index in [-0.39, 0.29) is 12.8 Å². The third kappa shape index (κ3) is 22.4. The van der Waals surface area contributed by atoms with Gasteiger partial charge in [-0.1, -0.05) is 0 Å². The topological polar surface area (TPSA) is 78.9 Å². The summed E-state index contributed by atoms with van der Waals surface area (Å²) >= 11 is 0. The summed E-state index contributed by atoms with van der Waals surface area (Å²) < 4.78 is 12.8. The Hall–Kier alpha value is -1.37. The van der Waals surface area contributed by atoms with E-state index in [4.69, 9.17) is 0 Å². The molecule has 14 heavy (non-hydrogen) atoms. The molecule has 0 aliphatic carbocycles. The Balaban J connectivity index is 0. The molecule has 0 radical (unpaired) electrons. The van der Waals surface area contributed by atoms with Crippen LogP contribution in [0.2, 0.25) is 0 Å². The van der Waals surface area contributed by atoms with E-state index in [2.05, 4.69) is 13.9 Å². The molecular weight excluding hydrogens is 208 g/mol. The molecule has 7 heteroatoms.